The number of hydrogen-bond acceptors (Lipinski definition) is 4. The minimum atomic E-state index is -3.74. The summed E-state index contributed by atoms with van der Waals surface area (Å²) in [6.45, 7) is 0. The van der Waals surface area contributed by atoms with E-state index in [9.17, 15) is 18.0 Å². The van der Waals surface area contributed by atoms with Gasteiger partial charge in [0.1, 0.15) is 5.21 Å². The lowest BCUT2D eigenvalue weighted by Crippen LogP contribution is -2.21. The van der Waals surface area contributed by atoms with E-state index in [0.717, 1.165) is 0 Å². The largest absolute Gasteiger partial charge is 0.282 e. The molecule has 9 heteroatoms. The first-order valence-corrected chi connectivity index (χ1v) is 6.93. The van der Waals surface area contributed by atoms with Crippen molar-refractivity contribution in [1.29, 1.82) is 0 Å². The molecule has 1 aromatic carbocycles. The molecule has 2 rings (SSSR count). The smallest absolute Gasteiger partial charge is 0.272 e. The zero-order valence-corrected chi connectivity index (χ0v) is 10.4. The van der Waals surface area contributed by atoms with E-state index in [1.807, 2.05) is 0 Å². The number of fused-ring (bicyclic) bond motifs is 1. The highest BCUT2D eigenvalue weighted by Crippen LogP contribution is 2.18. The van der Waals surface area contributed by atoms with E-state index >= 15 is 0 Å². The van der Waals surface area contributed by atoms with Gasteiger partial charge in [0.05, 0.1) is 16.5 Å². The Morgan fingerprint density at radius 2 is 1.83 bits per heavy atom. The van der Waals surface area contributed by atoms with Gasteiger partial charge in [0.2, 0.25) is 10.0 Å². The topological polar surface area (TPSA) is 112 Å². The lowest BCUT2D eigenvalue weighted by atomic mass is 10.2. The molecule has 0 spiro atoms. The Kier molecular flexibility index (Phi) is 3.14. The van der Waals surface area contributed by atoms with E-state index in [2.05, 4.69) is 14.9 Å². The molecule has 96 valence electrons. The van der Waals surface area contributed by atoms with Gasteiger partial charge in [-0.25, -0.2) is 8.42 Å². The first kappa shape index (κ1) is 12.7. The third-order valence-corrected chi connectivity index (χ3v) is 3.91. The molecule has 3 N–H and O–H groups in total. The van der Waals surface area contributed by atoms with Crippen molar-refractivity contribution in [3.8, 4) is 0 Å². The maximum atomic E-state index is 11.6. The van der Waals surface area contributed by atoms with Gasteiger partial charge >= 0.3 is 0 Å². The number of hydrogen-bond donors (Lipinski definition) is 3. The summed E-state index contributed by atoms with van der Waals surface area (Å²) in [6, 6.07) is 4.26. The second-order valence-corrected chi connectivity index (χ2v) is 5.77. The molecule has 0 amide bonds. The fourth-order valence-corrected chi connectivity index (χ4v) is 2.23. The van der Waals surface area contributed by atoms with Crippen molar-refractivity contribution in [2.75, 3.05) is 9.93 Å². The Hall–Kier alpha value is -1.80. The Bertz CT molecular complexity index is 808. The molecule has 0 bridgehead atoms. The van der Waals surface area contributed by atoms with Crippen LogP contribution in [0.15, 0.2) is 27.8 Å². The molecule has 0 aliphatic heterocycles. The first-order valence-electron chi connectivity index (χ1n) is 4.75. The van der Waals surface area contributed by atoms with Crippen LogP contribution in [0, 0.1) is 0 Å². The highest BCUT2D eigenvalue weighted by molar-refractivity contribution is 7.93. The molecule has 0 fully saturated rings. The average molecular weight is 290 g/mol. The number of aromatic amines is 2. The van der Waals surface area contributed by atoms with Crippen LogP contribution >= 0.6 is 11.6 Å². The Morgan fingerprint density at radius 3 is 2.50 bits per heavy atom. The molecule has 0 aliphatic rings. The summed E-state index contributed by atoms with van der Waals surface area (Å²) < 4.78 is 24.9. The SMILES string of the molecule is O=c1[nH][nH]c(=O)c2c(NS(=O)(=O)CCl)cccc12. The van der Waals surface area contributed by atoms with E-state index in [-0.39, 0.29) is 16.5 Å². The standard InChI is InChI=1S/C9H8ClN3O4S/c10-4-18(16,17)13-6-3-1-2-5-7(6)9(15)12-11-8(5)14/h1-3,13H,4H2,(H,11,14)(H,12,15). The van der Waals surface area contributed by atoms with E-state index in [0.29, 0.717) is 0 Å². The van der Waals surface area contributed by atoms with Gasteiger partial charge in [0.25, 0.3) is 11.1 Å². The number of H-pyrrole nitrogens is 2. The van der Waals surface area contributed by atoms with Crippen molar-refractivity contribution in [2.45, 2.75) is 0 Å². The maximum absolute atomic E-state index is 11.6. The number of alkyl halides is 1. The third kappa shape index (κ3) is 2.24. The third-order valence-electron chi connectivity index (χ3n) is 2.23. The molecule has 0 saturated carbocycles. The van der Waals surface area contributed by atoms with Crippen molar-refractivity contribution >= 4 is 38.1 Å². The Morgan fingerprint density at radius 1 is 1.17 bits per heavy atom. The molecule has 0 atom stereocenters. The van der Waals surface area contributed by atoms with Gasteiger partial charge in [-0.1, -0.05) is 6.07 Å². The van der Waals surface area contributed by atoms with Crippen molar-refractivity contribution in [2.24, 2.45) is 0 Å². The van der Waals surface area contributed by atoms with Crippen LogP contribution in [-0.2, 0) is 10.0 Å². The van der Waals surface area contributed by atoms with Crippen LogP contribution in [0.25, 0.3) is 10.8 Å². The fraction of sp³-hybridized carbons (Fsp3) is 0.111. The zero-order chi connectivity index (χ0) is 13.3. The second kappa shape index (κ2) is 4.46. The Balaban J connectivity index is 2.78. The average Bonchev–Trinajstić information content (AvgIpc) is 2.34. The lowest BCUT2D eigenvalue weighted by Gasteiger charge is -2.07. The van der Waals surface area contributed by atoms with Crippen molar-refractivity contribution < 1.29 is 8.42 Å². The first-order chi connectivity index (χ1) is 8.44. The van der Waals surface area contributed by atoms with E-state index < -0.39 is 26.4 Å². The van der Waals surface area contributed by atoms with Crippen LogP contribution in [0.5, 0.6) is 0 Å². The zero-order valence-electron chi connectivity index (χ0n) is 8.86. The summed E-state index contributed by atoms with van der Waals surface area (Å²) >= 11 is 5.26. The highest BCUT2D eigenvalue weighted by Gasteiger charge is 2.13. The van der Waals surface area contributed by atoms with Gasteiger partial charge < -0.3 is 0 Å². The Labute approximate surface area is 106 Å². The molecule has 1 aromatic heterocycles. The lowest BCUT2D eigenvalue weighted by molar-refractivity contribution is 0.605. The number of sulfonamides is 1. The summed E-state index contributed by atoms with van der Waals surface area (Å²) in [6.07, 6.45) is 0. The number of nitrogens with one attached hydrogen (secondary N) is 3. The second-order valence-electron chi connectivity index (χ2n) is 3.46. The number of anilines is 1. The summed E-state index contributed by atoms with van der Waals surface area (Å²) in [5, 5.41) is 3.69. The maximum Gasteiger partial charge on any atom is 0.272 e. The molecular formula is C9H8ClN3O4S. The van der Waals surface area contributed by atoms with Gasteiger partial charge in [0.15, 0.2) is 0 Å². The van der Waals surface area contributed by atoms with Crippen molar-refractivity contribution in [3.63, 3.8) is 0 Å². The normalized spacial score (nSPS) is 11.6. The van der Waals surface area contributed by atoms with E-state index in [1.165, 1.54) is 18.2 Å². The molecule has 0 radical (unpaired) electrons. The van der Waals surface area contributed by atoms with Crippen LogP contribution in [0.4, 0.5) is 5.69 Å². The van der Waals surface area contributed by atoms with Crippen molar-refractivity contribution in [1.82, 2.24) is 10.2 Å². The molecule has 0 aliphatic carbocycles. The van der Waals surface area contributed by atoms with Crippen LogP contribution in [0.1, 0.15) is 0 Å². The summed E-state index contributed by atoms with van der Waals surface area (Å²) in [7, 11) is -3.74. The highest BCUT2D eigenvalue weighted by atomic mass is 35.5. The number of aromatic nitrogens is 2. The monoisotopic (exact) mass is 289 g/mol. The predicted molar refractivity (Wildman–Crippen MR) is 68.5 cm³/mol. The molecule has 1 heterocycles. The molecule has 18 heavy (non-hydrogen) atoms. The van der Waals surface area contributed by atoms with Gasteiger partial charge in [-0.15, -0.1) is 11.6 Å². The fourth-order valence-electron chi connectivity index (χ4n) is 1.51. The number of benzene rings is 1. The minimum absolute atomic E-state index is 0.0144. The quantitative estimate of drug-likeness (QED) is 0.698. The molecule has 0 saturated heterocycles. The van der Waals surface area contributed by atoms with E-state index in [4.69, 9.17) is 11.6 Å². The van der Waals surface area contributed by atoms with Gasteiger partial charge in [-0.05, 0) is 12.1 Å². The molecular weight excluding hydrogens is 282 g/mol. The minimum Gasteiger partial charge on any atom is -0.282 e. The van der Waals surface area contributed by atoms with Gasteiger partial charge in [-0.2, -0.15) is 0 Å². The van der Waals surface area contributed by atoms with E-state index in [1.54, 1.807) is 0 Å². The molecule has 0 unspecified atom stereocenters. The van der Waals surface area contributed by atoms with Crippen LogP contribution in [0.2, 0.25) is 0 Å². The number of halogens is 1. The summed E-state index contributed by atoms with van der Waals surface area (Å²) in [4.78, 5) is 23.1. The predicted octanol–water partition coefficient (Wildman–Crippen LogP) is 0.154. The van der Waals surface area contributed by atoms with Gasteiger partial charge in [-0.3, -0.25) is 24.5 Å². The number of rotatable bonds is 3. The summed E-state index contributed by atoms with van der Waals surface area (Å²) in [5.41, 5.74) is -1.10. The molecule has 7 nitrogen and oxygen atoms in total. The van der Waals surface area contributed by atoms with Gasteiger partial charge in [0, 0.05) is 0 Å². The van der Waals surface area contributed by atoms with Crippen LogP contribution in [0.3, 0.4) is 0 Å². The van der Waals surface area contributed by atoms with Crippen LogP contribution < -0.4 is 15.8 Å². The molecule has 2 aromatic rings. The summed E-state index contributed by atoms with van der Waals surface area (Å²) in [5.74, 6) is 0. The van der Waals surface area contributed by atoms with Crippen molar-refractivity contribution in [3.05, 3.63) is 38.9 Å². The van der Waals surface area contributed by atoms with Crippen LogP contribution in [-0.4, -0.2) is 23.8 Å².